The van der Waals surface area contributed by atoms with E-state index in [4.69, 9.17) is 0 Å². The lowest BCUT2D eigenvalue weighted by Gasteiger charge is -2.24. The molecule has 0 aliphatic carbocycles. The van der Waals surface area contributed by atoms with Crippen LogP contribution >= 0.6 is 11.8 Å². The molecular weight excluding hydrogens is 310 g/mol. The highest BCUT2D eigenvalue weighted by molar-refractivity contribution is 8.00. The van der Waals surface area contributed by atoms with E-state index in [2.05, 4.69) is 34.6 Å². The first-order valence-electron chi connectivity index (χ1n) is 7.81. The fraction of sp³-hybridized carbons (Fsp3) is 0.438. The van der Waals surface area contributed by atoms with Crippen LogP contribution in [-0.2, 0) is 13.0 Å². The molecule has 2 aromatic rings. The number of hydrogen-bond donors (Lipinski definition) is 2. The van der Waals surface area contributed by atoms with Crippen LogP contribution in [0.4, 0.5) is 10.5 Å². The van der Waals surface area contributed by atoms with Gasteiger partial charge in [0.05, 0.1) is 18.3 Å². The minimum Gasteiger partial charge on any atom is -0.333 e. The van der Waals surface area contributed by atoms with Gasteiger partial charge in [0.1, 0.15) is 12.2 Å². The molecule has 0 bridgehead atoms. The number of fused-ring (bicyclic) bond motifs is 1. The third-order valence-electron chi connectivity index (χ3n) is 3.64. The Morgan fingerprint density at radius 2 is 2.22 bits per heavy atom. The average molecular weight is 331 g/mol. The number of nitrogens with one attached hydrogen (secondary N) is 2. The molecule has 1 atom stereocenters. The Bertz CT molecular complexity index is 685. The lowest BCUT2D eigenvalue weighted by Crippen LogP contribution is -2.43. The zero-order valence-corrected chi connectivity index (χ0v) is 14.1. The first-order valence-corrected chi connectivity index (χ1v) is 8.69. The zero-order valence-electron chi connectivity index (χ0n) is 13.3. The second-order valence-electron chi connectivity index (χ2n) is 5.86. The van der Waals surface area contributed by atoms with Crippen LogP contribution in [0.15, 0.2) is 35.5 Å². The predicted octanol–water partition coefficient (Wildman–Crippen LogP) is 2.92. The Kier molecular flexibility index (Phi) is 4.85. The Balaban J connectivity index is 1.60. The molecule has 3 rings (SSSR count). The van der Waals surface area contributed by atoms with Crippen LogP contribution in [0.2, 0.25) is 0 Å². The Hall–Kier alpha value is -2.02. The summed E-state index contributed by atoms with van der Waals surface area (Å²) in [5.74, 6) is 0.988. The number of nitrogens with zero attached hydrogens (tertiary/aromatic N) is 3. The molecule has 7 heteroatoms. The number of aryl methyl sites for hydroxylation is 1. The summed E-state index contributed by atoms with van der Waals surface area (Å²) in [5, 5.41) is 10.6. The van der Waals surface area contributed by atoms with Gasteiger partial charge in [0.15, 0.2) is 0 Å². The van der Waals surface area contributed by atoms with E-state index >= 15 is 0 Å². The highest BCUT2D eigenvalue weighted by Gasteiger charge is 2.21. The number of para-hydroxylation sites is 1. The lowest BCUT2D eigenvalue weighted by molar-refractivity contribution is 0.243. The number of hydrogen-bond acceptors (Lipinski definition) is 4. The second kappa shape index (κ2) is 7.04. The van der Waals surface area contributed by atoms with E-state index < -0.39 is 0 Å². The molecule has 1 aromatic carbocycles. The van der Waals surface area contributed by atoms with E-state index in [0.717, 1.165) is 29.2 Å². The van der Waals surface area contributed by atoms with Gasteiger partial charge in [-0.1, -0.05) is 26.0 Å². The van der Waals surface area contributed by atoms with Gasteiger partial charge in [-0.05, 0) is 18.6 Å². The minimum absolute atomic E-state index is 0.0779. The molecule has 1 aromatic heterocycles. The molecule has 6 nitrogen and oxygen atoms in total. The molecule has 1 aliphatic rings. The fourth-order valence-electron chi connectivity index (χ4n) is 2.63. The summed E-state index contributed by atoms with van der Waals surface area (Å²) in [7, 11) is 0. The maximum atomic E-state index is 12.3. The predicted molar refractivity (Wildman–Crippen MR) is 91.7 cm³/mol. The summed E-state index contributed by atoms with van der Waals surface area (Å²) in [6.07, 6.45) is 3.29. The van der Waals surface area contributed by atoms with E-state index in [9.17, 15) is 4.79 Å². The quantitative estimate of drug-likeness (QED) is 0.845. The van der Waals surface area contributed by atoms with Crippen molar-refractivity contribution in [3.05, 3.63) is 36.4 Å². The van der Waals surface area contributed by atoms with Gasteiger partial charge in [-0.15, -0.1) is 11.8 Å². The first kappa shape index (κ1) is 15.9. The molecule has 2 N–H and O–H groups in total. The van der Waals surface area contributed by atoms with Crippen LogP contribution in [0.25, 0.3) is 0 Å². The summed E-state index contributed by atoms with van der Waals surface area (Å²) in [6.45, 7) is 4.95. The molecule has 0 unspecified atom stereocenters. The topological polar surface area (TPSA) is 71.8 Å². The monoisotopic (exact) mass is 331 g/mol. The van der Waals surface area contributed by atoms with Gasteiger partial charge in [-0.2, -0.15) is 5.10 Å². The zero-order chi connectivity index (χ0) is 16.2. The van der Waals surface area contributed by atoms with Crippen molar-refractivity contribution in [2.75, 3.05) is 5.32 Å². The fourth-order valence-corrected chi connectivity index (χ4v) is 3.54. The van der Waals surface area contributed by atoms with Crippen molar-refractivity contribution in [2.45, 2.75) is 49.4 Å². The van der Waals surface area contributed by atoms with Crippen LogP contribution in [-0.4, -0.2) is 32.1 Å². The van der Waals surface area contributed by atoms with Crippen LogP contribution in [0.1, 0.15) is 26.1 Å². The largest absolute Gasteiger partial charge is 0.333 e. The summed E-state index contributed by atoms with van der Waals surface area (Å²) in [4.78, 5) is 17.6. The second-order valence-corrected chi connectivity index (χ2v) is 7.47. The van der Waals surface area contributed by atoms with E-state index in [0.29, 0.717) is 11.8 Å². The van der Waals surface area contributed by atoms with Gasteiger partial charge < -0.3 is 10.6 Å². The Morgan fingerprint density at radius 1 is 1.39 bits per heavy atom. The standard InChI is InChI=1S/C16H21N5OS/c1-11(2)23-14-6-4-3-5-13(14)20-16(22)19-12-7-8-15-17-10-18-21(15)9-12/h3-6,10-12H,7-9H2,1-2H3,(H2,19,20,22)/t12-/m1/s1. The Morgan fingerprint density at radius 3 is 3.04 bits per heavy atom. The molecule has 122 valence electrons. The molecule has 2 amide bonds. The van der Waals surface area contributed by atoms with Gasteiger partial charge >= 0.3 is 6.03 Å². The SMILES string of the molecule is CC(C)Sc1ccccc1NC(=O)N[C@@H]1CCc2ncnn2C1. The van der Waals surface area contributed by atoms with Gasteiger partial charge in [0, 0.05) is 16.6 Å². The maximum absolute atomic E-state index is 12.3. The van der Waals surface area contributed by atoms with E-state index in [1.54, 1.807) is 18.1 Å². The number of aromatic nitrogens is 3. The summed E-state index contributed by atoms with van der Waals surface area (Å²) >= 11 is 1.74. The molecule has 0 radical (unpaired) electrons. The number of benzene rings is 1. The van der Waals surface area contributed by atoms with Crippen LogP contribution in [0, 0.1) is 0 Å². The molecule has 2 heterocycles. The molecule has 0 spiro atoms. The van der Waals surface area contributed by atoms with Gasteiger partial charge in [-0.3, -0.25) is 0 Å². The van der Waals surface area contributed by atoms with Crippen molar-refractivity contribution in [3.63, 3.8) is 0 Å². The third-order valence-corrected chi connectivity index (χ3v) is 4.72. The van der Waals surface area contributed by atoms with Crippen LogP contribution < -0.4 is 10.6 Å². The van der Waals surface area contributed by atoms with E-state index in [1.807, 2.05) is 28.9 Å². The smallest absolute Gasteiger partial charge is 0.319 e. The van der Waals surface area contributed by atoms with Crippen molar-refractivity contribution >= 4 is 23.5 Å². The first-order chi connectivity index (χ1) is 11.1. The van der Waals surface area contributed by atoms with Crippen molar-refractivity contribution in [2.24, 2.45) is 0 Å². The number of anilines is 1. The highest BCUT2D eigenvalue weighted by atomic mass is 32.2. The molecule has 1 aliphatic heterocycles. The summed E-state index contributed by atoms with van der Waals surface area (Å²) in [5.41, 5.74) is 0.848. The van der Waals surface area contributed by atoms with Crippen molar-refractivity contribution in [1.82, 2.24) is 20.1 Å². The minimum atomic E-state index is -0.171. The number of thioether (sulfide) groups is 1. The maximum Gasteiger partial charge on any atom is 0.319 e. The van der Waals surface area contributed by atoms with Crippen molar-refractivity contribution in [1.29, 1.82) is 0 Å². The number of urea groups is 1. The number of rotatable bonds is 4. The normalized spacial score (nSPS) is 16.9. The lowest BCUT2D eigenvalue weighted by atomic mass is 10.1. The number of carbonyl (C=O) groups excluding carboxylic acids is 1. The van der Waals surface area contributed by atoms with Crippen molar-refractivity contribution in [3.8, 4) is 0 Å². The van der Waals surface area contributed by atoms with Crippen molar-refractivity contribution < 1.29 is 4.79 Å². The Labute approximate surface area is 140 Å². The average Bonchev–Trinajstić information content (AvgIpc) is 2.96. The van der Waals surface area contributed by atoms with Gasteiger partial charge in [0.2, 0.25) is 0 Å². The molecule has 0 saturated carbocycles. The van der Waals surface area contributed by atoms with Crippen LogP contribution in [0.3, 0.4) is 0 Å². The van der Waals surface area contributed by atoms with E-state index in [-0.39, 0.29) is 12.1 Å². The highest BCUT2D eigenvalue weighted by Crippen LogP contribution is 2.30. The number of carbonyl (C=O) groups is 1. The van der Waals surface area contributed by atoms with Gasteiger partial charge in [0.25, 0.3) is 0 Å². The van der Waals surface area contributed by atoms with Crippen LogP contribution in [0.5, 0.6) is 0 Å². The van der Waals surface area contributed by atoms with Gasteiger partial charge in [-0.25, -0.2) is 14.5 Å². The summed E-state index contributed by atoms with van der Waals surface area (Å²) < 4.78 is 1.86. The number of amides is 2. The molecule has 0 fully saturated rings. The molecular formula is C16H21N5OS. The summed E-state index contributed by atoms with van der Waals surface area (Å²) in [6, 6.07) is 7.79. The van der Waals surface area contributed by atoms with E-state index in [1.165, 1.54) is 0 Å². The molecule has 23 heavy (non-hydrogen) atoms. The molecule has 0 saturated heterocycles. The third kappa shape index (κ3) is 4.04.